The molecule has 3 amide bonds. The second kappa shape index (κ2) is 7.16. The summed E-state index contributed by atoms with van der Waals surface area (Å²) in [4.78, 5) is 41.8. The summed E-state index contributed by atoms with van der Waals surface area (Å²) in [5.41, 5.74) is 2.85. The SMILES string of the molecule is CN1CCc2cc(N3CCn4nc(NC(=O)CN5CCCC5=O)cc43)ccc2C1=O. The van der Waals surface area contributed by atoms with Gasteiger partial charge in [-0.2, -0.15) is 5.10 Å². The lowest BCUT2D eigenvalue weighted by atomic mass is 9.98. The van der Waals surface area contributed by atoms with E-state index < -0.39 is 0 Å². The van der Waals surface area contributed by atoms with Crippen molar-refractivity contribution in [1.82, 2.24) is 19.6 Å². The molecule has 1 aromatic heterocycles. The van der Waals surface area contributed by atoms with Crippen LogP contribution in [0.4, 0.5) is 17.3 Å². The molecule has 1 saturated heterocycles. The number of nitrogens with one attached hydrogen (secondary N) is 1. The van der Waals surface area contributed by atoms with Gasteiger partial charge in [0.05, 0.1) is 13.1 Å². The highest BCUT2D eigenvalue weighted by Crippen LogP contribution is 2.34. The van der Waals surface area contributed by atoms with E-state index in [1.165, 1.54) is 0 Å². The first kappa shape index (κ1) is 18.7. The van der Waals surface area contributed by atoms with Gasteiger partial charge in [-0.15, -0.1) is 0 Å². The Hall–Kier alpha value is -3.36. The van der Waals surface area contributed by atoms with E-state index in [1.54, 1.807) is 9.80 Å². The van der Waals surface area contributed by atoms with E-state index in [1.807, 2.05) is 29.9 Å². The molecule has 9 nitrogen and oxygen atoms in total. The molecule has 3 aliphatic rings. The maximum Gasteiger partial charge on any atom is 0.253 e. The maximum atomic E-state index is 12.3. The number of fused-ring (bicyclic) bond motifs is 2. The van der Waals surface area contributed by atoms with Crippen molar-refractivity contribution >= 4 is 35.0 Å². The number of nitrogens with zero attached hydrogens (tertiary/aromatic N) is 5. The van der Waals surface area contributed by atoms with Crippen LogP contribution in [0.3, 0.4) is 0 Å². The van der Waals surface area contributed by atoms with Crippen LogP contribution >= 0.6 is 0 Å². The Bertz CT molecular complexity index is 1050. The molecule has 5 rings (SSSR count). The fraction of sp³-hybridized carbons (Fsp3) is 0.429. The van der Waals surface area contributed by atoms with Crippen LogP contribution < -0.4 is 10.2 Å². The Balaban J connectivity index is 1.32. The van der Waals surface area contributed by atoms with Crippen molar-refractivity contribution in [2.75, 3.05) is 43.4 Å². The molecule has 156 valence electrons. The van der Waals surface area contributed by atoms with Crippen molar-refractivity contribution in [2.24, 2.45) is 0 Å². The van der Waals surface area contributed by atoms with Crippen molar-refractivity contribution in [1.29, 1.82) is 0 Å². The number of hydrogen-bond donors (Lipinski definition) is 1. The molecule has 9 heteroatoms. The topological polar surface area (TPSA) is 90.8 Å². The van der Waals surface area contributed by atoms with Crippen LogP contribution in [0, 0.1) is 0 Å². The predicted molar refractivity (Wildman–Crippen MR) is 111 cm³/mol. The van der Waals surface area contributed by atoms with Crippen LogP contribution in [0.25, 0.3) is 0 Å². The molecule has 0 saturated carbocycles. The Morgan fingerprint density at radius 3 is 2.77 bits per heavy atom. The third-order valence-corrected chi connectivity index (χ3v) is 6.04. The van der Waals surface area contributed by atoms with E-state index in [0.29, 0.717) is 25.3 Å². The van der Waals surface area contributed by atoms with Crippen LogP contribution in [0.2, 0.25) is 0 Å². The Morgan fingerprint density at radius 1 is 1.10 bits per heavy atom. The van der Waals surface area contributed by atoms with Gasteiger partial charge < -0.3 is 20.0 Å². The van der Waals surface area contributed by atoms with Gasteiger partial charge in [-0.25, -0.2) is 4.68 Å². The van der Waals surface area contributed by atoms with E-state index in [2.05, 4.69) is 21.4 Å². The smallest absolute Gasteiger partial charge is 0.253 e. The number of hydrogen-bond acceptors (Lipinski definition) is 5. The van der Waals surface area contributed by atoms with Crippen LogP contribution in [0.15, 0.2) is 24.3 Å². The number of benzene rings is 1. The quantitative estimate of drug-likeness (QED) is 0.822. The molecule has 2 aromatic rings. The lowest BCUT2D eigenvalue weighted by Crippen LogP contribution is -2.34. The van der Waals surface area contributed by atoms with Crippen LogP contribution in [-0.4, -0.2) is 70.5 Å². The fourth-order valence-corrected chi connectivity index (χ4v) is 4.41. The first-order valence-electron chi connectivity index (χ1n) is 10.3. The summed E-state index contributed by atoms with van der Waals surface area (Å²) < 4.78 is 1.87. The van der Waals surface area contributed by atoms with Crippen molar-refractivity contribution in [3.8, 4) is 0 Å². The van der Waals surface area contributed by atoms with Crippen molar-refractivity contribution < 1.29 is 14.4 Å². The molecule has 1 N–H and O–H groups in total. The minimum absolute atomic E-state index is 0.0285. The zero-order valence-corrected chi connectivity index (χ0v) is 16.9. The highest BCUT2D eigenvalue weighted by molar-refractivity contribution is 5.97. The van der Waals surface area contributed by atoms with Crippen molar-refractivity contribution in [3.05, 3.63) is 35.4 Å². The van der Waals surface area contributed by atoms with Gasteiger partial charge in [0, 0.05) is 50.4 Å². The normalized spacial score (nSPS) is 18.1. The van der Waals surface area contributed by atoms with Crippen LogP contribution in [0.5, 0.6) is 0 Å². The maximum absolute atomic E-state index is 12.3. The summed E-state index contributed by atoms with van der Waals surface area (Å²) >= 11 is 0. The van der Waals surface area contributed by atoms with E-state index in [4.69, 9.17) is 0 Å². The molecule has 0 aliphatic carbocycles. The Labute approximate surface area is 174 Å². The third-order valence-electron chi connectivity index (χ3n) is 6.04. The minimum atomic E-state index is -0.231. The van der Waals surface area contributed by atoms with Gasteiger partial charge in [-0.05, 0) is 36.6 Å². The van der Waals surface area contributed by atoms with Crippen LogP contribution in [0.1, 0.15) is 28.8 Å². The predicted octanol–water partition coefficient (Wildman–Crippen LogP) is 1.22. The number of amides is 3. The molecule has 0 radical (unpaired) electrons. The number of likely N-dealkylation sites (N-methyl/N-ethyl adjacent to an activating group) is 1. The molecular formula is C21H24N6O3. The summed E-state index contributed by atoms with van der Waals surface area (Å²) in [6.45, 7) is 2.93. The number of anilines is 3. The van der Waals surface area contributed by atoms with Gasteiger partial charge in [0.1, 0.15) is 5.82 Å². The fourth-order valence-electron chi connectivity index (χ4n) is 4.41. The number of rotatable bonds is 4. The van der Waals surface area contributed by atoms with Crippen LogP contribution in [-0.2, 0) is 22.6 Å². The summed E-state index contributed by atoms with van der Waals surface area (Å²) in [6, 6.07) is 7.81. The first-order valence-corrected chi connectivity index (χ1v) is 10.3. The van der Waals surface area contributed by atoms with Gasteiger partial charge in [0.2, 0.25) is 11.8 Å². The molecule has 0 unspecified atom stereocenters. The lowest BCUT2D eigenvalue weighted by Gasteiger charge is -2.26. The molecule has 3 aliphatic heterocycles. The minimum Gasteiger partial charge on any atom is -0.341 e. The standard InChI is InChI=1S/C21H24N6O3/c1-24-8-6-14-11-15(4-5-16(14)21(24)30)26-9-10-27-19(26)12-17(23-27)22-18(28)13-25-7-2-3-20(25)29/h4-5,11-12H,2-3,6-10,13H2,1H3,(H,22,23,28). The number of carbonyl (C=O) groups is 3. The van der Waals surface area contributed by atoms with Gasteiger partial charge in [-0.3, -0.25) is 14.4 Å². The summed E-state index contributed by atoms with van der Waals surface area (Å²) in [7, 11) is 1.83. The molecule has 1 aromatic carbocycles. The molecule has 0 bridgehead atoms. The van der Waals surface area contributed by atoms with Gasteiger partial charge in [-0.1, -0.05) is 0 Å². The van der Waals surface area contributed by atoms with Crippen molar-refractivity contribution in [3.63, 3.8) is 0 Å². The first-order chi connectivity index (χ1) is 14.5. The Morgan fingerprint density at radius 2 is 1.97 bits per heavy atom. The summed E-state index contributed by atoms with van der Waals surface area (Å²) in [5, 5.41) is 7.30. The zero-order chi connectivity index (χ0) is 20.8. The van der Waals surface area contributed by atoms with E-state index >= 15 is 0 Å². The molecular weight excluding hydrogens is 384 g/mol. The van der Waals surface area contributed by atoms with Gasteiger partial charge in [0.25, 0.3) is 5.91 Å². The van der Waals surface area contributed by atoms with E-state index in [9.17, 15) is 14.4 Å². The molecule has 0 atom stereocenters. The highest BCUT2D eigenvalue weighted by atomic mass is 16.2. The average Bonchev–Trinajstić information content (AvgIpc) is 3.41. The monoisotopic (exact) mass is 408 g/mol. The van der Waals surface area contributed by atoms with E-state index in [-0.39, 0.29) is 24.3 Å². The number of aromatic nitrogens is 2. The highest BCUT2D eigenvalue weighted by Gasteiger charge is 2.27. The average molecular weight is 408 g/mol. The molecule has 4 heterocycles. The van der Waals surface area contributed by atoms with Crippen molar-refractivity contribution in [2.45, 2.75) is 25.8 Å². The van der Waals surface area contributed by atoms with Gasteiger partial charge >= 0.3 is 0 Å². The molecule has 0 spiro atoms. The van der Waals surface area contributed by atoms with E-state index in [0.717, 1.165) is 48.6 Å². The lowest BCUT2D eigenvalue weighted by molar-refractivity contribution is -0.131. The second-order valence-electron chi connectivity index (χ2n) is 8.05. The zero-order valence-electron chi connectivity index (χ0n) is 16.9. The second-order valence-corrected chi connectivity index (χ2v) is 8.05. The Kier molecular flexibility index (Phi) is 4.45. The summed E-state index contributed by atoms with van der Waals surface area (Å²) in [5.74, 6) is 1.25. The number of carbonyl (C=O) groups excluding carboxylic acids is 3. The molecule has 30 heavy (non-hydrogen) atoms. The summed E-state index contributed by atoms with van der Waals surface area (Å²) in [6.07, 6.45) is 2.17. The molecule has 1 fully saturated rings. The van der Waals surface area contributed by atoms with Gasteiger partial charge in [0.15, 0.2) is 5.82 Å². The third kappa shape index (κ3) is 3.20. The number of likely N-dealkylation sites (tertiary alicyclic amines) is 1. The largest absolute Gasteiger partial charge is 0.341 e.